The van der Waals surface area contributed by atoms with E-state index in [0.717, 1.165) is 32.2 Å². The minimum absolute atomic E-state index is 0.269. The van der Waals surface area contributed by atoms with Crippen LogP contribution in [0.3, 0.4) is 0 Å². The Labute approximate surface area is 125 Å². The molecule has 1 aliphatic rings. The molecule has 0 bridgehead atoms. The fourth-order valence-corrected chi connectivity index (χ4v) is 3.62. The molecule has 1 rings (SSSR count). The molecule has 0 aromatic rings. The Morgan fingerprint density at radius 3 is 2.70 bits per heavy atom. The minimum Gasteiger partial charge on any atom is -0.314 e. The fraction of sp³-hybridized carbons (Fsp3) is 0.875. The monoisotopic (exact) mass is 301 g/mol. The highest BCUT2D eigenvalue weighted by Gasteiger charge is 2.14. The van der Waals surface area contributed by atoms with Gasteiger partial charge in [0.15, 0.2) is 0 Å². The number of rotatable bonds is 10. The van der Waals surface area contributed by atoms with Gasteiger partial charge in [-0.05, 0) is 57.9 Å². The third-order valence-electron chi connectivity index (χ3n) is 4.02. The summed E-state index contributed by atoms with van der Waals surface area (Å²) in [7, 11) is -2.81. The molecule has 1 N–H and O–H groups in total. The van der Waals surface area contributed by atoms with Gasteiger partial charge in [0.25, 0.3) is 0 Å². The quantitative estimate of drug-likeness (QED) is 0.629. The molecule has 1 aliphatic carbocycles. The first-order chi connectivity index (χ1) is 9.57. The topological polar surface area (TPSA) is 46.2 Å². The van der Waals surface area contributed by atoms with Gasteiger partial charge in [-0.3, -0.25) is 0 Å². The van der Waals surface area contributed by atoms with Gasteiger partial charge < -0.3 is 5.32 Å². The summed E-state index contributed by atoms with van der Waals surface area (Å²) >= 11 is 0. The third-order valence-corrected chi connectivity index (χ3v) is 5.81. The van der Waals surface area contributed by atoms with Gasteiger partial charge in [-0.1, -0.05) is 25.5 Å². The zero-order chi connectivity index (χ0) is 14.8. The number of allylic oxidation sites excluding steroid dienone is 1. The van der Waals surface area contributed by atoms with Crippen LogP contribution >= 0.6 is 0 Å². The summed E-state index contributed by atoms with van der Waals surface area (Å²) in [6.07, 6.45) is 11.5. The number of hydrogen-bond acceptors (Lipinski definition) is 3. The summed E-state index contributed by atoms with van der Waals surface area (Å²) in [4.78, 5) is 0. The second-order valence-corrected chi connectivity index (χ2v) is 8.31. The van der Waals surface area contributed by atoms with E-state index < -0.39 is 9.84 Å². The van der Waals surface area contributed by atoms with Gasteiger partial charge in [0.1, 0.15) is 9.84 Å². The summed E-state index contributed by atoms with van der Waals surface area (Å²) in [5.41, 5.74) is 1.57. The van der Waals surface area contributed by atoms with Gasteiger partial charge in [0, 0.05) is 11.8 Å². The van der Waals surface area contributed by atoms with Gasteiger partial charge in [0.05, 0.1) is 5.75 Å². The van der Waals surface area contributed by atoms with Crippen LogP contribution in [0.15, 0.2) is 11.6 Å². The van der Waals surface area contributed by atoms with Crippen molar-refractivity contribution in [2.24, 2.45) is 0 Å². The van der Waals surface area contributed by atoms with Gasteiger partial charge >= 0.3 is 0 Å². The van der Waals surface area contributed by atoms with E-state index in [-0.39, 0.29) is 5.75 Å². The summed E-state index contributed by atoms with van der Waals surface area (Å²) in [5.74, 6) is 0.609. The van der Waals surface area contributed by atoms with E-state index in [1.165, 1.54) is 25.7 Å². The first-order valence-corrected chi connectivity index (χ1v) is 10.0. The van der Waals surface area contributed by atoms with E-state index in [2.05, 4.69) is 18.3 Å². The van der Waals surface area contributed by atoms with E-state index in [9.17, 15) is 8.42 Å². The Balaban J connectivity index is 2.40. The molecule has 4 heteroatoms. The van der Waals surface area contributed by atoms with E-state index in [0.29, 0.717) is 11.8 Å². The Morgan fingerprint density at radius 2 is 2.10 bits per heavy atom. The molecule has 3 nitrogen and oxygen atoms in total. The van der Waals surface area contributed by atoms with Crippen molar-refractivity contribution in [2.75, 3.05) is 18.1 Å². The van der Waals surface area contributed by atoms with Crippen LogP contribution in [0.2, 0.25) is 0 Å². The Hall–Kier alpha value is -0.350. The van der Waals surface area contributed by atoms with E-state index in [1.807, 2.05) is 0 Å². The molecule has 0 saturated heterocycles. The summed E-state index contributed by atoms with van der Waals surface area (Å²) in [6, 6.07) is 0.450. The second-order valence-electron chi connectivity index (χ2n) is 5.84. The highest BCUT2D eigenvalue weighted by atomic mass is 32.2. The lowest BCUT2D eigenvalue weighted by Crippen LogP contribution is -2.31. The molecular weight excluding hydrogens is 270 g/mol. The van der Waals surface area contributed by atoms with Crippen molar-refractivity contribution in [3.05, 3.63) is 11.6 Å². The molecule has 0 aromatic heterocycles. The molecule has 1 unspecified atom stereocenters. The molecule has 118 valence electrons. The lowest BCUT2D eigenvalue weighted by Gasteiger charge is -2.22. The van der Waals surface area contributed by atoms with Crippen molar-refractivity contribution in [1.29, 1.82) is 0 Å². The fourth-order valence-electron chi connectivity index (χ4n) is 2.73. The van der Waals surface area contributed by atoms with Gasteiger partial charge in [-0.2, -0.15) is 0 Å². The molecule has 20 heavy (non-hydrogen) atoms. The first-order valence-electron chi connectivity index (χ1n) is 8.19. The molecule has 0 radical (unpaired) electrons. The Kier molecular flexibility index (Phi) is 8.46. The minimum atomic E-state index is -2.81. The van der Waals surface area contributed by atoms with Crippen LogP contribution in [0, 0.1) is 0 Å². The third kappa shape index (κ3) is 7.44. The normalized spacial score (nSPS) is 17.8. The summed E-state index contributed by atoms with van der Waals surface area (Å²) in [6.45, 7) is 4.93. The average Bonchev–Trinajstić information content (AvgIpc) is 2.45. The van der Waals surface area contributed by atoms with Crippen molar-refractivity contribution in [3.8, 4) is 0 Å². The molecule has 0 aromatic carbocycles. The maximum Gasteiger partial charge on any atom is 0.150 e. The Bertz CT molecular complexity index is 387. The number of nitrogens with one attached hydrogen (secondary N) is 1. The van der Waals surface area contributed by atoms with Crippen molar-refractivity contribution in [2.45, 2.75) is 71.3 Å². The highest BCUT2D eigenvalue weighted by molar-refractivity contribution is 7.91. The number of hydrogen-bond donors (Lipinski definition) is 1. The van der Waals surface area contributed by atoms with Gasteiger partial charge in [0.2, 0.25) is 0 Å². The van der Waals surface area contributed by atoms with Crippen molar-refractivity contribution >= 4 is 9.84 Å². The zero-order valence-electron chi connectivity index (χ0n) is 13.2. The van der Waals surface area contributed by atoms with Crippen LogP contribution in [0.25, 0.3) is 0 Å². The average molecular weight is 301 g/mol. The van der Waals surface area contributed by atoms with E-state index in [1.54, 1.807) is 12.5 Å². The molecular formula is C16H31NO2S. The molecule has 0 heterocycles. The lowest BCUT2D eigenvalue weighted by atomic mass is 9.93. The largest absolute Gasteiger partial charge is 0.314 e. The van der Waals surface area contributed by atoms with Crippen LogP contribution < -0.4 is 5.32 Å². The predicted molar refractivity (Wildman–Crippen MR) is 86.8 cm³/mol. The molecule has 1 atom stereocenters. The molecule has 0 saturated carbocycles. The maximum absolute atomic E-state index is 11.6. The highest BCUT2D eigenvalue weighted by Crippen LogP contribution is 2.22. The number of sulfone groups is 1. The SMILES string of the molecule is CCCNC(CCCS(=O)(=O)CC)CC1=CCCCC1. The standard InChI is InChI=1S/C16H31NO2S/c1-3-12-17-16(11-8-13-20(18,19)4-2)14-15-9-6-5-7-10-15/h9,16-17H,3-8,10-14H2,1-2H3. The van der Waals surface area contributed by atoms with Crippen LogP contribution in [0.4, 0.5) is 0 Å². The molecule has 0 aliphatic heterocycles. The van der Waals surface area contributed by atoms with Gasteiger partial charge in [-0.15, -0.1) is 0 Å². The van der Waals surface area contributed by atoms with Crippen LogP contribution in [-0.2, 0) is 9.84 Å². The first kappa shape index (κ1) is 17.7. The van der Waals surface area contributed by atoms with E-state index >= 15 is 0 Å². The molecule has 0 spiro atoms. The van der Waals surface area contributed by atoms with Crippen molar-refractivity contribution in [3.63, 3.8) is 0 Å². The maximum atomic E-state index is 11.6. The summed E-state index contributed by atoms with van der Waals surface area (Å²) < 4.78 is 23.1. The Morgan fingerprint density at radius 1 is 1.30 bits per heavy atom. The van der Waals surface area contributed by atoms with Crippen LogP contribution in [-0.4, -0.2) is 32.5 Å². The second kappa shape index (κ2) is 9.56. The smallest absolute Gasteiger partial charge is 0.150 e. The van der Waals surface area contributed by atoms with Crippen molar-refractivity contribution < 1.29 is 8.42 Å². The lowest BCUT2D eigenvalue weighted by molar-refractivity contribution is 0.461. The van der Waals surface area contributed by atoms with Crippen LogP contribution in [0.1, 0.15) is 65.2 Å². The van der Waals surface area contributed by atoms with Crippen molar-refractivity contribution in [1.82, 2.24) is 5.32 Å². The molecule has 0 amide bonds. The van der Waals surface area contributed by atoms with Gasteiger partial charge in [-0.25, -0.2) is 8.42 Å². The molecule has 0 fully saturated rings. The summed E-state index contributed by atoms with van der Waals surface area (Å²) in [5, 5.41) is 3.59. The van der Waals surface area contributed by atoms with E-state index in [4.69, 9.17) is 0 Å². The van der Waals surface area contributed by atoms with Crippen LogP contribution in [0.5, 0.6) is 0 Å². The zero-order valence-corrected chi connectivity index (χ0v) is 14.0. The predicted octanol–water partition coefficient (Wildman–Crippen LogP) is 3.46.